The van der Waals surface area contributed by atoms with E-state index >= 15 is 0 Å². The van der Waals surface area contributed by atoms with Crippen molar-refractivity contribution in [3.63, 3.8) is 0 Å². The van der Waals surface area contributed by atoms with Gasteiger partial charge in [-0.1, -0.05) is 23.7 Å². The van der Waals surface area contributed by atoms with Gasteiger partial charge in [0, 0.05) is 11.4 Å². The SMILES string of the molecule is Cc1cc(Cl)ccc1OCCCC(=O)Nn1cnc2ccccc21. The molecule has 2 aromatic carbocycles. The minimum atomic E-state index is -0.0745. The summed E-state index contributed by atoms with van der Waals surface area (Å²) in [6.07, 6.45) is 2.61. The highest BCUT2D eigenvalue weighted by Gasteiger charge is 2.06. The first kappa shape index (κ1) is 16.3. The third-order valence-corrected chi connectivity index (χ3v) is 3.88. The Labute approximate surface area is 145 Å². The van der Waals surface area contributed by atoms with Crippen LogP contribution < -0.4 is 10.2 Å². The second-order valence-electron chi connectivity index (χ2n) is 5.50. The molecule has 0 aliphatic carbocycles. The molecule has 1 aromatic heterocycles. The number of imidazole rings is 1. The summed E-state index contributed by atoms with van der Waals surface area (Å²) in [7, 11) is 0. The average Bonchev–Trinajstić information content (AvgIpc) is 2.96. The molecule has 0 atom stereocenters. The van der Waals surface area contributed by atoms with Gasteiger partial charge in [0.05, 0.1) is 17.6 Å². The molecule has 0 bridgehead atoms. The number of ether oxygens (including phenoxy) is 1. The van der Waals surface area contributed by atoms with Crippen LogP contribution in [0, 0.1) is 6.92 Å². The molecule has 0 saturated heterocycles. The molecule has 0 spiro atoms. The van der Waals surface area contributed by atoms with E-state index in [0.717, 1.165) is 22.3 Å². The van der Waals surface area contributed by atoms with Crippen LogP contribution in [0.15, 0.2) is 48.8 Å². The fourth-order valence-electron chi connectivity index (χ4n) is 2.43. The van der Waals surface area contributed by atoms with E-state index in [1.54, 1.807) is 17.1 Å². The number of nitrogens with one attached hydrogen (secondary N) is 1. The topological polar surface area (TPSA) is 56.1 Å². The van der Waals surface area contributed by atoms with Gasteiger partial charge in [0.2, 0.25) is 5.91 Å². The van der Waals surface area contributed by atoms with Gasteiger partial charge < -0.3 is 4.74 Å². The number of para-hydroxylation sites is 2. The molecule has 0 fully saturated rings. The first-order valence-electron chi connectivity index (χ1n) is 7.74. The average molecular weight is 344 g/mol. The molecule has 0 saturated carbocycles. The summed E-state index contributed by atoms with van der Waals surface area (Å²) in [5, 5.41) is 0.687. The third-order valence-electron chi connectivity index (χ3n) is 3.64. The normalized spacial score (nSPS) is 10.8. The van der Waals surface area contributed by atoms with Gasteiger partial charge in [0.15, 0.2) is 0 Å². The number of hydrogen-bond donors (Lipinski definition) is 1. The zero-order chi connectivity index (χ0) is 16.9. The third kappa shape index (κ3) is 3.86. The molecule has 1 heterocycles. The predicted octanol–water partition coefficient (Wildman–Crippen LogP) is 3.93. The molecule has 0 radical (unpaired) electrons. The first-order valence-corrected chi connectivity index (χ1v) is 8.12. The maximum atomic E-state index is 12.0. The lowest BCUT2D eigenvalue weighted by molar-refractivity contribution is -0.117. The van der Waals surface area contributed by atoms with Gasteiger partial charge >= 0.3 is 0 Å². The largest absolute Gasteiger partial charge is 0.493 e. The fourth-order valence-corrected chi connectivity index (χ4v) is 2.65. The number of benzene rings is 2. The van der Waals surface area contributed by atoms with Crippen molar-refractivity contribution in [2.24, 2.45) is 0 Å². The summed E-state index contributed by atoms with van der Waals surface area (Å²) in [6, 6.07) is 13.1. The molecule has 0 aliphatic heterocycles. The van der Waals surface area contributed by atoms with Crippen LogP contribution in [-0.2, 0) is 4.79 Å². The number of carbonyl (C=O) groups is 1. The Kier molecular flexibility index (Phi) is 5.01. The number of rotatable bonds is 6. The Bertz CT molecular complexity index is 860. The first-order chi connectivity index (χ1) is 11.6. The van der Waals surface area contributed by atoms with Crippen LogP contribution in [0.3, 0.4) is 0 Å². The van der Waals surface area contributed by atoms with E-state index in [1.807, 2.05) is 43.3 Å². The van der Waals surface area contributed by atoms with E-state index in [4.69, 9.17) is 16.3 Å². The van der Waals surface area contributed by atoms with Crippen molar-refractivity contribution in [2.75, 3.05) is 12.0 Å². The van der Waals surface area contributed by atoms with Crippen LogP contribution in [0.25, 0.3) is 11.0 Å². The van der Waals surface area contributed by atoms with Crippen LogP contribution in [0.2, 0.25) is 5.02 Å². The Morgan fingerprint density at radius 1 is 1.29 bits per heavy atom. The Morgan fingerprint density at radius 2 is 2.12 bits per heavy atom. The molecule has 5 nitrogen and oxygen atoms in total. The molecular formula is C18H18ClN3O2. The van der Waals surface area contributed by atoms with Crippen molar-refractivity contribution in [1.29, 1.82) is 0 Å². The number of aryl methyl sites for hydroxylation is 1. The van der Waals surface area contributed by atoms with Crippen molar-refractivity contribution in [3.8, 4) is 5.75 Å². The van der Waals surface area contributed by atoms with Crippen molar-refractivity contribution in [3.05, 3.63) is 59.4 Å². The zero-order valence-electron chi connectivity index (χ0n) is 13.3. The van der Waals surface area contributed by atoms with E-state index in [2.05, 4.69) is 10.4 Å². The minimum Gasteiger partial charge on any atom is -0.493 e. The highest BCUT2D eigenvalue weighted by atomic mass is 35.5. The number of aromatic nitrogens is 2. The zero-order valence-corrected chi connectivity index (χ0v) is 14.1. The van der Waals surface area contributed by atoms with E-state index < -0.39 is 0 Å². The van der Waals surface area contributed by atoms with Crippen LogP contribution >= 0.6 is 11.6 Å². The standard InChI is InChI=1S/C18H18ClN3O2/c1-13-11-14(19)8-9-17(13)24-10-4-7-18(23)21-22-12-20-15-5-2-3-6-16(15)22/h2-3,5-6,8-9,11-12H,4,7,10H2,1H3,(H,21,23). The van der Waals surface area contributed by atoms with Gasteiger partial charge in [-0.15, -0.1) is 0 Å². The maximum absolute atomic E-state index is 12.0. The van der Waals surface area contributed by atoms with Crippen molar-refractivity contribution >= 4 is 28.5 Å². The van der Waals surface area contributed by atoms with Crippen molar-refractivity contribution in [1.82, 2.24) is 9.66 Å². The minimum absolute atomic E-state index is 0.0745. The molecular weight excluding hydrogens is 326 g/mol. The summed E-state index contributed by atoms with van der Waals surface area (Å²) < 4.78 is 7.33. The Balaban J connectivity index is 1.47. The molecule has 1 N–H and O–H groups in total. The van der Waals surface area contributed by atoms with E-state index in [9.17, 15) is 4.79 Å². The second kappa shape index (κ2) is 7.36. The van der Waals surface area contributed by atoms with Gasteiger partial charge in [-0.2, -0.15) is 0 Å². The van der Waals surface area contributed by atoms with Crippen LogP contribution in [-0.4, -0.2) is 22.2 Å². The summed E-state index contributed by atoms with van der Waals surface area (Å²) in [5.74, 6) is 0.718. The predicted molar refractivity (Wildman–Crippen MR) is 95.0 cm³/mol. The number of nitrogens with zero attached hydrogens (tertiary/aromatic N) is 2. The van der Waals surface area contributed by atoms with Gasteiger partial charge in [0.1, 0.15) is 12.1 Å². The molecule has 6 heteroatoms. The molecule has 1 amide bonds. The number of fused-ring (bicyclic) bond motifs is 1. The lowest BCUT2D eigenvalue weighted by atomic mass is 10.2. The van der Waals surface area contributed by atoms with Gasteiger partial charge in [0.25, 0.3) is 0 Å². The number of halogens is 1. The molecule has 124 valence electrons. The summed E-state index contributed by atoms with van der Waals surface area (Å²) in [5.41, 5.74) is 5.53. The molecule has 3 rings (SSSR count). The molecule has 3 aromatic rings. The van der Waals surface area contributed by atoms with Gasteiger partial charge in [-0.05, 0) is 49.2 Å². The lowest BCUT2D eigenvalue weighted by Gasteiger charge is -2.10. The molecule has 24 heavy (non-hydrogen) atoms. The number of hydrogen-bond acceptors (Lipinski definition) is 3. The molecule has 0 unspecified atom stereocenters. The van der Waals surface area contributed by atoms with Gasteiger partial charge in [-0.3, -0.25) is 10.2 Å². The monoisotopic (exact) mass is 343 g/mol. The van der Waals surface area contributed by atoms with Crippen molar-refractivity contribution in [2.45, 2.75) is 19.8 Å². The second-order valence-corrected chi connectivity index (χ2v) is 5.94. The van der Waals surface area contributed by atoms with Crippen molar-refractivity contribution < 1.29 is 9.53 Å². The van der Waals surface area contributed by atoms with Gasteiger partial charge in [-0.25, -0.2) is 9.66 Å². The Morgan fingerprint density at radius 3 is 2.96 bits per heavy atom. The van der Waals surface area contributed by atoms with E-state index in [0.29, 0.717) is 24.5 Å². The fraction of sp³-hybridized carbons (Fsp3) is 0.222. The quantitative estimate of drug-likeness (QED) is 0.690. The summed E-state index contributed by atoms with van der Waals surface area (Å²) in [6.45, 7) is 2.42. The smallest absolute Gasteiger partial charge is 0.238 e. The number of carbonyl (C=O) groups excluding carboxylic acids is 1. The van der Waals surface area contributed by atoms with Crippen LogP contribution in [0.1, 0.15) is 18.4 Å². The summed E-state index contributed by atoms with van der Waals surface area (Å²) in [4.78, 5) is 16.3. The Hall–Kier alpha value is -2.53. The maximum Gasteiger partial charge on any atom is 0.238 e. The lowest BCUT2D eigenvalue weighted by Crippen LogP contribution is -2.22. The number of amides is 1. The molecule has 0 aliphatic rings. The highest BCUT2D eigenvalue weighted by Crippen LogP contribution is 2.21. The summed E-state index contributed by atoms with van der Waals surface area (Å²) >= 11 is 5.91. The highest BCUT2D eigenvalue weighted by molar-refractivity contribution is 6.30. The van der Waals surface area contributed by atoms with E-state index in [1.165, 1.54) is 0 Å². The van der Waals surface area contributed by atoms with Crippen LogP contribution in [0.4, 0.5) is 0 Å². The van der Waals surface area contributed by atoms with E-state index in [-0.39, 0.29) is 5.91 Å². The van der Waals surface area contributed by atoms with Crippen LogP contribution in [0.5, 0.6) is 5.75 Å².